The Morgan fingerprint density at radius 3 is 2.17 bits per heavy atom. The summed E-state index contributed by atoms with van der Waals surface area (Å²) in [5.74, 6) is 2.18. The molecule has 3 heteroatoms. The topological polar surface area (TPSA) is 46.3 Å². The Balaban J connectivity index is 1.62. The minimum atomic E-state index is 0.202. The highest BCUT2D eigenvalue weighted by Crippen LogP contribution is 2.56. The van der Waals surface area contributed by atoms with E-state index in [2.05, 4.69) is 0 Å². The zero-order valence-corrected chi connectivity index (χ0v) is 11.5. The monoisotopic (exact) mass is 250 g/mol. The van der Waals surface area contributed by atoms with Crippen molar-refractivity contribution in [2.75, 3.05) is 7.05 Å². The van der Waals surface area contributed by atoms with Gasteiger partial charge in [0.1, 0.15) is 0 Å². The number of likely N-dealkylation sites (N-methyl/N-ethyl adjacent to an activating group) is 1. The molecule has 3 fully saturated rings. The van der Waals surface area contributed by atoms with Gasteiger partial charge >= 0.3 is 0 Å². The van der Waals surface area contributed by atoms with E-state index in [1.807, 2.05) is 11.9 Å². The third-order valence-corrected chi connectivity index (χ3v) is 5.57. The fraction of sp³-hybridized carbons (Fsp3) is 0.933. The molecular weight excluding hydrogens is 224 g/mol. The Kier molecular flexibility index (Phi) is 3.35. The molecule has 4 unspecified atom stereocenters. The molecule has 0 aromatic carbocycles. The molecule has 1 amide bonds. The summed E-state index contributed by atoms with van der Waals surface area (Å²) in [6.45, 7) is 0. The minimum Gasteiger partial charge on any atom is -0.341 e. The Morgan fingerprint density at radius 2 is 1.56 bits per heavy atom. The SMILES string of the molecule is CN(C(=O)C1C2CCCCC21)C1CCCCC1N. The van der Waals surface area contributed by atoms with Gasteiger partial charge in [0.2, 0.25) is 5.91 Å². The number of rotatable bonds is 2. The second kappa shape index (κ2) is 4.84. The van der Waals surface area contributed by atoms with Crippen LogP contribution in [-0.2, 0) is 4.79 Å². The van der Waals surface area contributed by atoms with Gasteiger partial charge in [0.05, 0.1) is 0 Å². The molecule has 102 valence electrons. The normalized spacial score (nSPS) is 43.1. The van der Waals surface area contributed by atoms with E-state index < -0.39 is 0 Å². The van der Waals surface area contributed by atoms with E-state index in [9.17, 15) is 4.79 Å². The van der Waals surface area contributed by atoms with Crippen molar-refractivity contribution in [1.29, 1.82) is 0 Å². The first-order chi connectivity index (χ1) is 8.70. The maximum absolute atomic E-state index is 12.6. The molecule has 0 bridgehead atoms. The van der Waals surface area contributed by atoms with E-state index in [0.29, 0.717) is 29.7 Å². The number of nitrogens with two attached hydrogens (primary N) is 1. The molecule has 0 aromatic heterocycles. The fourth-order valence-electron chi connectivity index (χ4n) is 4.38. The van der Waals surface area contributed by atoms with Crippen LogP contribution in [0.1, 0.15) is 51.4 Å². The third-order valence-electron chi connectivity index (χ3n) is 5.57. The van der Waals surface area contributed by atoms with Crippen molar-refractivity contribution in [1.82, 2.24) is 4.90 Å². The van der Waals surface area contributed by atoms with Gasteiger partial charge in [-0.15, -0.1) is 0 Å². The predicted molar refractivity (Wildman–Crippen MR) is 71.9 cm³/mol. The molecule has 0 radical (unpaired) electrons. The van der Waals surface area contributed by atoms with Gasteiger partial charge in [-0.1, -0.05) is 25.7 Å². The number of carbonyl (C=O) groups is 1. The minimum absolute atomic E-state index is 0.202. The van der Waals surface area contributed by atoms with E-state index in [1.54, 1.807) is 0 Å². The largest absolute Gasteiger partial charge is 0.341 e. The van der Waals surface area contributed by atoms with Gasteiger partial charge in [-0.05, 0) is 37.5 Å². The number of carbonyl (C=O) groups excluding carboxylic acids is 1. The van der Waals surface area contributed by atoms with Crippen LogP contribution in [0.2, 0.25) is 0 Å². The van der Waals surface area contributed by atoms with Gasteiger partial charge in [-0.3, -0.25) is 4.79 Å². The van der Waals surface area contributed by atoms with Crippen LogP contribution in [0.3, 0.4) is 0 Å². The maximum Gasteiger partial charge on any atom is 0.226 e. The Bertz CT molecular complexity index is 318. The van der Waals surface area contributed by atoms with Crippen molar-refractivity contribution in [3.05, 3.63) is 0 Å². The summed E-state index contributed by atoms with van der Waals surface area (Å²) in [6.07, 6.45) is 9.87. The summed E-state index contributed by atoms with van der Waals surface area (Å²) in [5, 5.41) is 0. The van der Waals surface area contributed by atoms with Crippen molar-refractivity contribution in [3.8, 4) is 0 Å². The highest BCUT2D eigenvalue weighted by Gasteiger charge is 2.56. The van der Waals surface area contributed by atoms with Crippen LogP contribution >= 0.6 is 0 Å². The van der Waals surface area contributed by atoms with Gasteiger partial charge in [0.15, 0.2) is 0 Å². The lowest BCUT2D eigenvalue weighted by Crippen LogP contribution is -2.50. The molecule has 3 aliphatic carbocycles. The Morgan fingerprint density at radius 1 is 1.00 bits per heavy atom. The molecule has 3 aliphatic rings. The number of hydrogen-bond donors (Lipinski definition) is 1. The number of hydrogen-bond acceptors (Lipinski definition) is 2. The van der Waals surface area contributed by atoms with Crippen LogP contribution in [0, 0.1) is 17.8 Å². The van der Waals surface area contributed by atoms with Crippen LogP contribution < -0.4 is 5.73 Å². The van der Waals surface area contributed by atoms with Crippen molar-refractivity contribution < 1.29 is 4.79 Å². The molecule has 0 aliphatic heterocycles. The second-order valence-corrected chi connectivity index (χ2v) is 6.60. The summed E-state index contributed by atoms with van der Waals surface area (Å²) in [5.41, 5.74) is 6.19. The van der Waals surface area contributed by atoms with Crippen LogP contribution in [0.4, 0.5) is 0 Å². The fourth-order valence-corrected chi connectivity index (χ4v) is 4.38. The molecule has 4 atom stereocenters. The smallest absolute Gasteiger partial charge is 0.226 e. The molecule has 0 saturated heterocycles. The quantitative estimate of drug-likeness (QED) is 0.816. The van der Waals surface area contributed by atoms with Gasteiger partial charge in [0, 0.05) is 25.0 Å². The van der Waals surface area contributed by atoms with E-state index in [4.69, 9.17) is 5.73 Å². The van der Waals surface area contributed by atoms with Crippen LogP contribution in [-0.4, -0.2) is 29.9 Å². The van der Waals surface area contributed by atoms with E-state index in [-0.39, 0.29) is 6.04 Å². The van der Waals surface area contributed by atoms with E-state index in [1.165, 1.54) is 38.5 Å². The lowest BCUT2D eigenvalue weighted by atomic mass is 9.90. The standard InChI is InChI=1S/C15H26N2O/c1-17(13-9-5-4-8-12(13)16)15(18)14-10-6-2-3-7-11(10)14/h10-14H,2-9,16H2,1H3. The molecule has 2 N–H and O–H groups in total. The molecule has 3 saturated carbocycles. The second-order valence-electron chi connectivity index (χ2n) is 6.60. The molecule has 18 heavy (non-hydrogen) atoms. The summed E-state index contributed by atoms with van der Waals surface area (Å²) in [6, 6.07) is 0.502. The Labute approximate surface area is 110 Å². The lowest BCUT2D eigenvalue weighted by Gasteiger charge is -2.36. The first-order valence-electron chi connectivity index (χ1n) is 7.72. The summed E-state index contributed by atoms with van der Waals surface area (Å²) < 4.78 is 0. The van der Waals surface area contributed by atoms with Gasteiger partial charge < -0.3 is 10.6 Å². The lowest BCUT2D eigenvalue weighted by molar-refractivity contribution is -0.135. The first-order valence-corrected chi connectivity index (χ1v) is 7.72. The van der Waals surface area contributed by atoms with Crippen LogP contribution in [0.5, 0.6) is 0 Å². The average molecular weight is 250 g/mol. The highest BCUT2D eigenvalue weighted by atomic mass is 16.2. The first kappa shape index (κ1) is 12.5. The van der Waals surface area contributed by atoms with Crippen molar-refractivity contribution in [2.45, 2.75) is 63.5 Å². The zero-order chi connectivity index (χ0) is 12.7. The molecule has 0 heterocycles. The molecule has 3 nitrogen and oxygen atoms in total. The van der Waals surface area contributed by atoms with Crippen LogP contribution in [0.15, 0.2) is 0 Å². The summed E-state index contributed by atoms with van der Waals surface area (Å²) >= 11 is 0. The van der Waals surface area contributed by atoms with Gasteiger partial charge in [-0.25, -0.2) is 0 Å². The van der Waals surface area contributed by atoms with Crippen molar-refractivity contribution >= 4 is 5.91 Å². The predicted octanol–water partition coefficient (Wildman–Crippen LogP) is 2.15. The van der Waals surface area contributed by atoms with E-state index >= 15 is 0 Å². The summed E-state index contributed by atoms with van der Waals surface area (Å²) in [4.78, 5) is 14.6. The number of amides is 1. The van der Waals surface area contributed by atoms with Gasteiger partial charge in [-0.2, -0.15) is 0 Å². The molecule has 0 aromatic rings. The number of nitrogens with zero attached hydrogens (tertiary/aromatic N) is 1. The number of fused-ring (bicyclic) bond motifs is 1. The summed E-state index contributed by atoms with van der Waals surface area (Å²) in [7, 11) is 1.99. The maximum atomic E-state index is 12.6. The molecule has 0 spiro atoms. The average Bonchev–Trinajstić information content (AvgIpc) is 3.12. The van der Waals surface area contributed by atoms with Crippen molar-refractivity contribution in [3.63, 3.8) is 0 Å². The molecular formula is C15H26N2O. The van der Waals surface area contributed by atoms with E-state index in [0.717, 1.165) is 12.8 Å². The molecule has 3 rings (SSSR count). The Hall–Kier alpha value is -0.570. The van der Waals surface area contributed by atoms with Crippen LogP contribution in [0.25, 0.3) is 0 Å². The highest BCUT2D eigenvalue weighted by molar-refractivity contribution is 5.82. The van der Waals surface area contributed by atoms with Gasteiger partial charge in [0.25, 0.3) is 0 Å². The zero-order valence-electron chi connectivity index (χ0n) is 11.5. The van der Waals surface area contributed by atoms with Crippen molar-refractivity contribution in [2.24, 2.45) is 23.5 Å². The third kappa shape index (κ3) is 2.07.